The van der Waals surface area contributed by atoms with Crippen molar-refractivity contribution in [3.05, 3.63) is 30.3 Å². The van der Waals surface area contributed by atoms with Crippen molar-refractivity contribution >= 4 is 0 Å². The second-order valence-corrected chi connectivity index (χ2v) is 2.24. The predicted octanol–water partition coefficient (Wildman–Crippen LogP) is 2.47. The van der Waals surface area contributed by atoms with Gasteiger partial charge >= 0.3 is 0 Å². The molecule has 0 atom stereocenters. The zero-order valence-electron chi connectivity index (χ0n) is 8.36. The Morgan fingerprint density at radius 3 is 2.31 bits per heavy atom. The molecule has 0 aromatic heterocycles. The van der Waals surface area contributed by atoms with Gasteiger partial charge in [0.2, 0.25) is 0 Å². The SMILES string of the molecule is CC.OCCCOc1ccccc1. The molecule has 0 saturated heterocycles. The van der Waals surface area contributed by atoms with Crippen molar-refractivity contribution in [1.82, 2.24) is 0 Å². The molecule has 0 radical (unpaired) electrons. The lowest BCUT2D eigenvalue weighted by molar-refractivity contribution is 0.233. The lowest BCUT2D eigenvalue weighted by Crippen LogP contribution is -1.98. The van der Waals surface area contributed by atoms with Gasteiger partial charge in [-0.3, -0.25) is 0 Å². The molecule has 0 unspecified atom stereocenters. The van der Waals surface area contributed by atoms with Gasteiger partial charge in [0.1, 0.15) is 5.75 Å². The van der Waals surface area contributed by atoms with E-state index in [1.54, 1.807) is 0 Å². The topological polar surface area (TPSA) is 29.5 Å². The van der Waals surface area contributed by atoms with Gasteiger partial charge in [0.15, 0.2) is 0 Å². The first-order valence-electron chi connectivity index (χ1n) is 4.72. The van der Waals surface area contributed by atoms with Crippen LogP contribution in [-0.4, -0.2) is 18.3 Å². The first-order valence-corrected chi connectivity index (χ1v) is 4.72. The molecule has 0 fully saturated rings. The van der Waals surface area contributed by atoms with E-state index in [-0.39, 0.29) is 6.61 Å². The highest BCUT2D eigenvalue weighted by molar-refractivity contribution is 5.20. The van der Waals surface area contributed by atoms with Crippen LogP contribution in [-0.2, 0) is 0 Å². The molecule has 0 bridgehead atoms. The number of para-hydroxylation sites is 1. The van der Waals surface area contributed by atoms with Gasteiger partial charge in [-0.15, -0.1) is 0 Å². The summed E-state index contributed by atoms with van der Waals surface area (Å²) in [5.74, 6) is 0.862. The van der Waals surface area contributed by atoms with Crippen LogP contribution in [0.2, 0.25) is 0 Å². The summed E-state index contributed by atoms with van der Waals surface area (Å²) < 4.78 is 5.29. The fourth-order valence-corrected chi connectivity index (χ4v) is 0.771. The summed E-state index contributed by atoms with van der Waals surface area (Å²) in [6.45, 7) is 4.77. The van der Waals surface area contributed by atoms with Gasteiger partial charge in [0.05, 0.1) is 6.61 Å². The molecule has 2 nitrogen and oxygen atoms in total. The largest absolute Gasteiger partial charge is 0.494 e. The summed E-state index contributed by atoms with van der Waals surface area (Å²) in [4.78, 5) is 0. The van der Waals surface area contributed by atoms with Crippen molar-refractivity contribution in [3.63, 3.8) is 0 Å². The average molecular weight is 182 g/mol. The Morgan fingerprint density at radius 1 is 1.15 bits per heavy atom. The summed E-state index contributed by atoms with van der Waals surface area (Å²) in [7, 11) is 0. The summed E-state index contributed by atoms with van der Waals surface area (Å²) in [5.41, 5.74) is 0. The second kappa shape index (κ2) is 9.07. The number of aliphatic hydroxyl groups excluding tert-OH is 1. The van der Waals surface area contributed by atoms with Crippen LogP contribution in [0.5, 0.6) is 5.75 Å². The van der Waals surface area contributed by atoms with Gasteiger partial charge in [-0.05, 0) is 12.1 Å². The van der Waals surface area contributed by atoms with E-state index in [4.69, 9.17) is 9.84 Å². The number of benzene rings is 1. The average Bonchev–Trinajstić information content (AvgIpc) is 2.23. The lowest BCUT2D eigenvalue weighted by atomic mass is 10.3. The molecule has 13 heavy (non-hydrogen) atoms. The van der Waals surface area contributed by atoms with Crippen LogP contribution in [0.3, 0.4) is 0 Å². The molecule has 0 aliphatic heterocycles. The smallest absolute Gasteiger partial charge is 0.119 e. The van der Waals surface area contributed by atoms with E-state index < -0.39 is 0 Å². The zero-order valence-corrected chi connectivity index (χ0v) is 8.36. The van der Waals surface area contributed by atoms with Crippen LogP contribution >= 0.6 is 0 Å². The van der Waals surface area contributed by atoms with E-state index in [2.05, 4.69) is 0 Å². The molecular weight excluding hydrogens is 164 g/mol. The Labute approximate surface area is 80.2 Å². The molecule has 0 aliphatic carbocycles. The van der Waals surface area contributed by atoms with Gasteiger partial charge in [-0.25, -0.2) is 0 Å². The maximum Gasteiger partial charge on any atom is 0.119 e. The van der Waals surface area contributed by atoms with E-state index in [1.807, 2.05) is 44.2 Å². The number of rotatable bonds is 4. The first-order chi connectivity index (χ1) is 6.43. The molecule has 2 heteroatoms. The summed E-state index contributed by atoms with van der Waals surface area (Å²) >= 11 is 0. The van der Waals surface area contributed by atoms with Crippen LogP contribution < -0.4 is 4.74 Å². The fraction of sp³-hybridized carbons (Fsp3) is 0.455. The normalized spacial score (nSPS) is 8.54. The van der Waals surface area contributed by atoms with Gasteiger partial charge in [-0.1, -0.05) is 32.0 Å². The standard InChI is InChI=1S/C9H12O2.C2H6/c10-7-4-8-11-9-5-2-1-3-6-9;1-2/h1-3,5-6,10H,4,7-8H2;1-2H3. The molecule has 0 amide bonds. The highest BCUT2D eigenvalue weighted by atomic mass is 16.5. The minimum atomic E-state index is 0.187. The van der Waals surface area contributed by atoms with E-state index in [0.717, 1.165) is 5.75 Å². The maximum atomic E-state index is 8.46. The van der Waals surface area contributed by atoms with Gasteiger partial charge in [-0.2, -0.15) is 0 Å². The quantitative estimate of drug-likeness (QED) is 0.725. The van der Waals surface area contributed by atoms with Crippen molar-refractivity contribution in [2.75, 3.05) is 13.2 Å². The molecule has 0 saturated carbocycles. The predicted molar refractivity (Wildman–Crippen MR) is 55.0 cm³/mol. The van der Waals surface area contributed by atoms with Crippen molar-refractivity contribution in [1.29, 1.82) is 0 Å². The highest BCUT2D eigenvalue weighted by Gasteiger charge is 1.88. The summed E-state index contributed by atoms with van der Waals surface area (Å²) in [5, 5.41) is 8.46. The molecular formula is C11H18O2. The third-order valence-electron chi connectivity index (χ3n) is 1.31. The van der Waals surface area contributed by atoms with Crippen molar-refractivity contribution in [2.24, 2.45) is 0 Å². The van der Waals surface area contributed by atoms with Crippen molar-refractivity contribution < 1.29 is 9.84 Å². The molecule has 0 aliphatic rings. The van der Waals surface area contributed by atoms with Crippen LogP contribution in [0.4, 0.5) is 0 Å². The molecule has 0 heterocycles. The zero-order chi connectivity index (χ0) is 9.94. The van der Waals surface area contributed by atoms with Crippen LogP contribution in [0.15, 0.2) is 30.3 Å². The van der Waals surface area contributed by atoms with Crippen molar-refractivity contribution in [2.45, 2.75) is 20.3 Å². The Balaban J connectivity index is 0.000000671. The number of ether oxygens (including phenoxy) is 1. The Kier molecular flexibility index (Phi) is 8.36. The third kappa shape index (κ3) is 6.17. The summed E-state index contributed by atoms with van der Waals surface area (Å²) in [6, 6.07) is 9.59. The molecule has 1 aromatic carbocycles. The van der Waals surface area contributed by atoms with Crippen LogP contribution in [0.1, 0.15) is 20.3 Å². The first kappa shape index (κ1) is 12.0. The molecule has 1 aromatic rings. The van der Waals surface area contributed by atoms with E-state index >= 15 is 0 Å². The number of aliphatic hydroxyl groups is 1. The Bertz CT molecular complexity index is 185. The molecule has 74 valence electrons. The molecule has 1 rings (SSSR count). The summed E-state index contributed by atoms with van der Waals surface area (Å²) in [6.07, 6.45) is 0.689. The fourth-order valence-electron chi connectivity index (χ4n) is 0.771. The lowest BCUT2D eigenvalue weighted by Gasteiger charge is -2.02. The Hall–Kier alpha value is -1.02. The van der Waals surface area contributed by atoms with E-state index in [0.29, 0.717) is 13.0 Å². The van der Waals surface area contributed by atoms with Gasteiger partial charge < -0.3 is 9.84 Å². The minimum Gasteiger partial charge on any atom is -0.494 e. The number of hydrogen-bond acceptors (Lipinski definition) is 2. The van der Waals surface area contributed by atoms with E-state index in [9.17, 15) is 0 Å². The maximum absolute atomic E-state index is 8.46. The highest BCUT2D eigenvalue weighted by Crippen LogP contribution is 2.07. The molecule has 1 N–H and O–H groups in total. The molecule has 0 spiro atoms. The van der Waals surface area contributed by atoms with Crippen molar-refractivity contribution in [3.8, 4) is 5.75 Å². The minimum absolute atomic E-state index is 0.187. The number of hydrogen-bond donors (Lipinski definition) is 1. The van der Waals surface area contributed by atoms with Gasteiger partial charge in [0.25, 0.3) is 0 Å². The monoisotopic (exact) mass is 182 g/mol. The Morgan fingerprint density at radius 2 is 1.77 bits per heavy atom. The van der Waals surface area contributed by atoms with Crippen LogP contribution in [0.25, 0.3) is 0 Å². The van der Waals surface area contributed by atoms with Gasteiger partial charge in [0, 0.05) is 13.0 Å². The third-order valence-corrected chi connectivity index (χ3v) is 1.31. The second-order valence-electron chi connectivity index (χ2n) is 2.24. The van der Waals surface area contributed by atoms with E-state index in [1.165, 1.54) is 0 Å². The van der Waals surface area contributed by atoms with Crippen LogP contribution in [0, 0.1) is 0 Å².